The fourth-order valence-corrected chi connectivity index (χ4v) is 4.72. The lowest BCUT2D eigenvalue weighted by Gasteiger charge is -2.45. The molecule has 2 fully saturated rings. The molecule has 2 aliphatic rings. The van der Waals surface area contributed by atoms with Gasteiger partial charge in [-0.3, -0.25) is 4.90 Å². The lowest BCUT2D eigenvalue weighted by molar-refractivity contribution is -0.162. The van der Waals surface area contributed by atoms with Gasteiger partial charge in [-0.05, 0) is 56.7 Å². The quantitative estimate of drug-likeness (QED) is 0.789. The van der Waals surface area contributed by atoms with Gasteiger partial charge < -0.3 is 14.3 Å². The maximum atomic E-state index is 11.5. The minimum Gasteiger partial charge on any atom is -0.479 e. The van der Waals surface area contributed by atoms with Crippen LogP contribution >= 0.6 is 11.6 Å². The van der Waals surface area contributed by atoms with Crippen LogP contribution in [0.2, 0.25) is 5.02 Å². The number of morpholine rings is 1. The first kappa shape index (κ1) is 20.4. The van der Waals surface area contributed by atoms with Crippen molar-refractivity contribution in [1.82, 2.24) is 9.88 Å². The van der Waals surface area contributed by atoms with Crippen molar-refractivity contribution in [3.63, 3.8) is 0 Å². The van der Waals surface area contributed by atoms with Gasteiger partial charge in [0.25, 0.3) is 0 Å². The Morgan fingerprint density at radius 1 is 1.24 bits per heavy atom. The number of aromatic nitrogens is 1. The molecule has 4 rings (SSSR count). The summed E-state index contributed by atoms with van der Waals surface area (Å²) in [6.07, 6.45) is 5.88. The van der Waals surface area contributed by atoms with E-state index in [0.717, 1.165) is 48.8 Å². The van der Waals surface area contributed by atoms with Crippen LogP contribution in [0.4, 0.5) is 0 Å². The largest absolute Gasteiger partial charge is 0.479 e. The third-order valence-electron chi connectivity index (χ3n) is 6.15. The number of carboxylic acid groups (broad SMARTS) is 1. The molecule has 1 aromatic heterocycles. The second kappa shape index (κ2) is 8.86. The molecule has 0 bridgehead atoms. The van der Waals surface area contributed by atoms with Crippen LogP contribution in [0, 0.1) is 6.92 Å². The molecule has 0 radical (unpaired) electrons. The summed E-state index contributed by atoms with van der Waals surface area (Å²) in [7, 11) is 0. The van der Waals surface area contributed by atoms with E-state index < -0.39 is 12.1 Å². The van der Waals surface area contributed by atoms with Crippen LogP contribution in [0.1, 0.15) is 48.8 Å². The predicted molar refractivity (Wildman–Crippen MR) is 109 cm³/mol. The van der Waals surface area contributed by atoms with Crippen molar-refractivity contribution in [1.29, 1.82) is 0 Å². The molecule has 1 aliphatic heterocycles. The number of hydrogen-bond donors (Lipinski definition) is 1. The summed E-state index contributed by atoms with van der Waals surface area (Å²) in [5.74, 6) is 1.15. The topological polar surface area (TPSA) is 75.8 Å². The van der Waals surface area contributed by atoms with Crippen LogP contribution in [0.25, 0.3) is 0 Å². The van der Waals surface area contributed by atoms with Crippen molar-refractivity contribution in [3.8, 4) is 0 Å². The standard InChI is InChI=1S/C22H27ClN2O4/c1-14-11-24-21(29-14)16-4-8-18(9-5-16)25-12-20(22(26)27)28-13-19(25)10-15-2-6-17(23)7-3-15/h2-3,6-7,11,16,18-20H,4-5,8-10,12-13H2,1H3,(H,26,27)/t16?,18?,19-,20+/m0/s1. The van der Waals surface area contributed by atoms with Gasteiger partial charge in [0.2, 0.25) is 0 Å². The number of oxazole rings is 1. The molecule has 0 unspecified atom stereocenters. The van der Waals surface area contributed by atoms with Gasteiger partial charge in [-0.2, -0.15) is 0 Å². The number of rotatable bonds is 5. The maximum absolute atomic E-state index is 11.5. The normalized spacial score (nSPS) is 28.3. The van der Waals surface area contributed by atoms with Gasteiger partial charge in [-0.15, -0.1) is 0 Å². The van der Waals surface area contributed by atoms with Crippen LogP contribution in [0.5, 0.6) is 0 Å². The van der Waals surface area contributed by atoms with E-state index in [1.165, 1.54) is 5.56 Å². The van der Waals surface area contributed by atoms with E-state index in [1.807, 2.05) is 31.2 Å². The minimum absolute atomic E-state index is 0.164. The van der Waals surface area contributed by atoms with Crippen molar-refractivity contribution < 1.29 is 19.1 Å². The van der Waals surface area contributed by atoms with Crippen LogP contribution < -0.4 is 0 Å². The number of halogens is 1. The summed E-state index contributed by atoms with van der Waals surface area (Å²) >= 11 is 6.01. The van der Waals surface area contributed by atoms with Crippen LogP contribution in [0.3, 0.4) is 0 Å². The smallest absolute Gasteiger partial charge is 0.334 e. The van der Waals surface area contributed by atoms with Gasteiger partial charge in [0.1, 0.15) is 5.76 Å². The average molecular weight is 419 g/mol. The molecule has 156 valence electrons. The lowest BCUT2D eigenvalue weighted by atomic mass is 9.84. The molecular weight excluding hydrogens is 392 g/mol. The molecule has 1 aromatic carbocycles. The van der Waals surface area contributed by atoms with Gasteiger partial charge in [0, 0.05) is 29.6 Å². The molecule has 1 aliphatic carbocycles. The zero-order valence-corrected chi connectivity index (χ0v) is 17.3. The highest BCUT2D eigenvalue weighted by molar-refractivity contribution is 6.30. The van der Waals surface area contributed by atoms with Gasteiger partial charge >= 0.3 is 5.97 Å². The molecule has 6 nitrogen and oxygen atoms in total. The molecular formula is C22H27ClN2O4. The van der Waals surface area contributed by atoms with E-state index in [9.17, 15) is 9.90 Å². The Balaban J connectivity index is 1.44. The third-order valence-corrected chi connectivity index (χ3v) is 6.40. The predicted octanol–water partition coefficient (Wildman–Crippen LogP) is 4.06. The average Bonchev–Trinajstić information content (AvgIpc) is 3.16. The van der Waals surface area contributed by atoms with Gasteiger partial charge in [-0.1, -0.05) is 23.7 Å². The fraction of sp³-hybridized carbons (Fsp3) is 0.545. The van der Waals surface area contributed by atoms with Gasteiger partial charge in [0.05, 0.1) is 12.8 Å². The van der Waals surface area contributed by atoms with Crippen LogP contribution in [-0.4, -0.2) is 52.3 Å². The number of aliphatic carboxylic acids is 1. The lowest BCUT2D eigenvalue weighted by Crippen LogP contribution is -2.57. The van der Waals surface area contributed by atoms with Crippen molar-refractivity contribution in [3.05, 3.63) is 52.7 Å². The van der Waals surface area contributed by atoms with Crippen molar-refractivity contribution in [2.24, 2.45) is 0 Å². The number of ether oxygens (including phenoxy) is 1. The SMILES string of the molecule is Cc1cnc(C2CCC(N3C[C@H](C(=O)O)OC[C@@H]3Cc3ccc(Cl)cc3)CC2)o1. The zero-order valence-electron chi connectivity index (χ0n) is 16.6. The molecule has 2 atom stereocenters. The van der Waals surface area contributed by atoms with E-state index in [0.29, 0.717) is 25.1 Å². The number of aryl methyl sites for hydroxylation is 1. The summed E-state index contributed by atoms with van der Waals surface area (Å²) in [6.45, 7) is 2.78. The van der Waals surface area contributed by atoms with E-state index >= 15 is 0 Å². The second-order valence-corrected chi connectivity index (χ2v) is 8.59. The molecule has 29 heavy (non-hydrogen) atoms. The Hall–Kier alpha value is -1.89. The summed E-state index contributed by atoms with van der Waals surface area (Å²) in [6, 6.07) is 8.38. The summed E-state index contributed by atoms with van der Waals surface area (Å²) < 4.78 is 11.4. The first-order valence-corrected chi connectivity index (χ1v) is 10.6. The Kier molecular flexibility index (Phi) is 6.23. The second-order valence-electron chi connectivity index (χ2n) is 8.16. The number of carboxylic acids is 1. The Morgan fingerprint density at radius 2 is 1.97 bits per heavy atom. The number of benzene rings is 1. The first-order chi connectivity index (χ1) is 14.0. The van der Waals surface area contributed by atoms with Crippen molar-refractivity contribution in [2.75, 3.05) is 13.2 Å². The zero-order chi connectivity index (χ0) is 20.4. The molecule has 1 saturated heterocycles. The molecule has 2 heterocycles. The summed E-state index contributed by atoms with van der Waals surface area (Å²) in [5, 5.41) is 10.2. The highest BCUT2D eigenvalue weighted by atomic mass is 35.5. The van der Waals surface area contributed by atoms with Gasteiger partial charge in [-0.25, -0.2) is 9.78 Å². The number of carbonyl (C=O) groups is 1. The van der Waals surface area contributed by atoms with Crippen LogP contribution in [-0.2, 0) is 16.0 Å². The number of hydrogen-bond acceptors (Lipinski definition) is 5. The summed E-state index contributed by atoms with van der Waals surface area (Å²) in [5.41, 5.74) is 1.19. The summed E-state index contributed by atoms with van der Waals surface area (Å²) in [4.78, 5) is 18.3. The molecule has 1 N–H and O–H groups in total. The van der Waals surface area contributed by atoms with Crippen LogP contribution in [0.15, 0.2) is 34.9 Å². The molecule has 1 saturated carbocycles. The third kappa shape index (κ3) is 4.82. The maximum Gasteiger partial charge on any atom is 0.334 e. The van der Waals surface area contributed by atoms with E-state index in [2.05, 4.69) is 9.88 Å². The van der Waals surface area contributed by atoms with E-state index in [4.69, 9.17) is 20.8 Å². The highest BCUT2D eigenvalue weighted by Crippen LogP contribution is 2.36. The molecule has 0 spiro atoms. The van der Waals surface area contributed by atoms with Crippen molar-refractivity contribution in [2.45, 2.75) is 63.1 Å². The molecule has 2 aromatic rings. The Bertz CT molecular complexity index is 830. The molecule has 0 amide bonds. The monoisotopic (exact) mass is 418 g/mol. The first-order valence-electron chi connectivity index (χ1n) is 10.3. The van der Waals surface area contributed by atoms with E-state index in [-0.39, 0.29) is 6.04 Å². The Morgan fingerprint density at radius 3 is 2.59 bits per heavy atom. The highest BCUT2D eigenvalue weighted by Gasteiger charge is 2.38. The number of nitrogens with zero attached hydrogens (tertiary/aromatic N) is 2. The van der Waals surface area contributed by atoms with E-state index in [1.54, 1.807) is 6.20 Å². The fourth-order valence-electron chi connectivity index (χ4n) is 4.60. The van der Waals surface area contributed by atoms with Crippen molar-refractivity contribution >= 4 is 17.6 Å². The Labute approximate surface area is 175 Å². The molecule has 7 heteroatoms. The van der Waals surface area contributed by atoms with Gasteiger partial charge in [0.15, 0.2) is 12.0 Å². The minimum atomic E-state index is -0.885.